The normalized spacial score (nSPS) is 19.8. The van der Waals surface area contributed by atoms with Crippen molar-refractivity contribution in [1.82, 2.24) is 10.3 Å². The molecule has 0 spiro atoms. The lowest BCUT2D eigenvalue weighted by atomic mass is 9.99. The molecular weight excluding hydrogens is 394 g/mol. The molecule has 0 aliphatic carbocycles. The van der Waals surface area contributed by atoms with Crippen molar-refractivity contribution in [1.29, 1.82) is 0 Å². The number of alkyl carbamates (subject to hydrolysis) is 1. The summed E-state index contributed by atoms with van der Waals surface area (Å²) in [6.45, 7) is 8.99. The molecule has 0 radical (unpaired) electrons. The van der Waals surface area contributed by atoms with Gasteiger partial charge < -0.3 is 25.7 Å². The molecule has 30 heavy (non-hydrogen) atoms. The second kappa shape index (κ2) is 7.77. The number of nitrogens with two attached hydrogens (primary N) is 1. The molecule has 2 aromatic rings. The van der Waals surface area contributed by atoms with Crippen LogP contribution in [-0.4, -0.2) is 47.9 Å². The number of amides is 2. The van der Waals surface area contributed by atoms with E-state index in [0.29, 0.717) is 10.9 Å². The van der Waals surface area contributed by atoms with Crippen LogP contribution in [0.4, 0.5) is 19.3 Å². The maximum Gasteiger partial charge on any atom is 0.407 e. The van der Waals surface area contributed by atoms with E-state index in [0.717, 1.165) is 17.3 Å². The minimum atomic E-state index is -1.27. The molecule has 9 heteroatoms. The molecule has 1 fully saturated rings. The van der Waals surface area contributed by atoms with E-state index in [2.05, 4.69) is 10.3 Å². The number of ether oxygens (including phenoxy) is 1. The molecule has 4 N–H and O–H groups in total. The third kappa shape index (κ3) is 4.34. The van der Waals surface area contributed by atoms with Crippen molar-refractivity contribution in [2.45, 2.75) is 58.9 Å². The smallest absolute Gasteiger partial charge is 0.407 e. The Hall–Kier alpha value is -2.84. The predicted molar refractivity (Wildman–Crippen MR) is 111 cm³/mol. The third-order valence-corrected chi connectivity index (χ3v) is 5.21. The summed E-state index contributed by atoms with van der Waals surface area (Å²) in [5.41, 5.74) is 6.91. The number of nitrogens with zero attached hydrogens (tertiary/aromatic N) is 1. The first-order chi connectivity index (χ1) is 13.9. The topological polar surface area (TPSA) is 100 Å². The molecule has 0 unspecified atom stereocenters. The molecule has 1 aliphatic rings. The van der Waals surface area contributed by atoms with Gasteiger partial charge in [-0.15, -0.1) is 0 Å². The second-order valence-corrected chi connectivity index (χ2v) is 8.82. The molecular formula is C21H28F2N4O3. The van der Waals surface area contributed by atoms with E-state index in [9.17, 15) is 14.0 Å². The molecule has 2 atom stereocenters. The Morgan fingerprint density at radius 2 is 1.97 bits per heavy atom. The van der Waals surface area contributed by atoms with Crippen LogP contribution in [0.5, 0.6) is 0 Å². The molecule has 7 nitrogen and oxygen atoms in total. The van der Waals surface area contributed by atoms with Gasteiger partial charge in [0.1, 0.15) is 17.6 Å². The van der Waals surface area contributed by atoms with Crippen molar-refractivity contribution >= 4 is 28.6 Å². The predicted octanol–water partition coefficient (Wildman–Crippen LogP) is 3.46. The number of primary amides is 1. The summed E-state index contributed by atoms with van der Waals surface area (Å²) in [4.78, 5) is 28.6. The number of rotatable bonds is 3. The number of carbonyl (C=O) groups is 2. The Labute approximate surface area is 173 Å². The molecule has 1 aromatic heterocycles. The minimum Gasteiger partial charge on any atom is -0.444 e. The summed E-state index contributed by atoms with van der Waals surface area (Å²) in [5.74, 6) is -1.42. The number of carbonyl (C=O) groups excluding carboxylic acids is 2. The lowest BCUT2D eigenvalue weighted by Crippen LogP contribution is -2.52. The van der Waals surface area contributed by atoms with Crippen LogP contribution in [0.1, 0.15) is 48.8 Å². The molecule has 2 heterocycles. The van der Waals surface area contributed by atoms with E-state index >= 15 is 4.39 Å². The van der Waals surface area contributed by atoms with E-state index in [4.69, 9.17) is 10.5 Å². The first-order valence-corrected chi connectivity index (χ1v) is 9.87. The highest BCUT2D eigenvalue weighted by Gasteiger charge is 2.33. The van der Waals surface area contributed by atoms with Crippen LogP contribution in [-0.2, 0) is 4.74 Å². The zero-order chi connectivity index (χ0) is 22.4. The summed E-state index contributed by atoms with van der Waals surface area (Å²) in [6.07, 6.45) is -1.82. The number of H-pyrrole nitrogens is 1. The van der Waals surface area contributed by atoms with Crippen LogP contribution in [0.15, 0.2) is 6.07 Å². The number of hydrogen-bond donors (Lipinski definition) is 3. The molecule has 1 saturated heterocycles. The van der Waals surface area contributed by atoms with Gasteiger partial charge in [0.05, 0.1) is 22.8 Å². The van der Waals surface area contributed by atoms with Crippen LogP contribution in [0.2, 0.25) is 0 Å². The van der Waals surface area contributed by atoms with Gasteiger partial charge in [0, 0.05) is 30.6 Å². The molecule has 1 aliphatic heterocycles. The van der Waals surface area contributed by atoms with Gasteiger partial charge in [-0.3, -0.25) is 4.79 Å². The fourth-order valence-electron chi connectivity index (χ4n) is 3.91. The largest absolute Gasteiger partial charge is 0.444 e. The molecule has 2 amide bonds. The maximum absolute atomic E-state index is 15.2. The van der Waals surface area contributed by atoms with Crippen molar-refractivity contribution in [3.63, 3.8) is 0 Å². The van der Waals surface area contributed by atoms with E-state index in [1.54, 1.807) is 32.6 Å². The Morgan fingerprint density at radius 3 is 2.57 bits per heavy atom. The molecule has 0 saturated carbocycles. The van der Waals surface area contributed by atoms with Crippen molar-refractivity contribution in [3.8, 4) is 0 Å². The summed E-state index contributed by atoms with van der Waals surface area (Å²) >= 11 is 0. The van der Waals surface area contributed by atoms with Crippen LogP contribution in [0.25, 0.3) is 10.9 Å². The Balaban J connectivity index is 1.98. The lowest BCUT2D eigenvalue weighted by Gasteiger charge is -2.37. The highest BCUT2D eigenvalue weighted by molar-refractivity contribution is 6.10. The first kappa shape index (κ1) is 21.9. The number of anilines is 1. The van der Waals surface area contributed by atoms with Crippen molar-refractivity contribution in [2.24, 2.45) is 5.73 Å². The average Bonchev–Trinajstić information content (AvgIpc) is 2.87. The number of nitrogens with one attached hydrogen (secondary N) is 2. The first-order valence-electron chi connectivity index (χ1n) is 9.87. The van der Waals surface area contributed by atoms with Gasteiger partial charge in [0.2, 0.25) is 0 Å². The van der Waals surface area contributed by atoms with Crippen LogP contribution >= 0.6 is 0 Å². The lowest BCUT2D eigenvalue weighted by molar-refractivity contribution is 0.0490. The number of aryl methyl sites for hydroxylation is 2. The number of piperidine rings is 1. The van der Waals surface area contributed by atoms with E-state index in [1.165, 1.54) is 0 Å². The number of benzene rings is 1. The zero-order valence-corrected chi connectivity index (χ0v) is 17.9. The molecule has 3 rings (SSSR count). The number of hydrogen-bond acceptors (Lipinski definition) is 4. The van der Waals surface area contributed by atoms with Crippen LogP contribution in [0.3, 0.4) is 0 Å². The number of halogens is 2. The zero-order valence-electron chi connectivity index (χ0n) is 17.9. The van der Waals surface area contributed by atoms with Gasteiger partial charge in [0.15, 0.2) is 0 Å². The van der Waals surface area contributed by atoms with Crippen molar-refractivity contribution in [2.75, 3.05) is 18.0 Å². The molecule has 164 valence electrons. The Kier molecular flexibility index (Phi) is 5.66. The number of aromatic nitrogens is 1. The van der Waals surface area contributed by atoms with E-state index < -0.39 is 35.6 Å². The van der Waals surface area contributed by atoms with E-state index in [1.807, 2.05) is 6.92 Å². The van der Waals surface area contributed by atoms with Crippen LogP contribution < -0.4 is 16.0 Å². The third-order valence-electron chi connectivity index (χ3n) is 5.21. The second-order valence-electron chi connectivity index (χ2n) is 8.82. The fraction of sp³-hybridized carbons (Fsp3) is 0.524. The van der Waals surface area contributed by atoms with Crippen molar-refractivity contribution < 1.29 is 23.1 Å². The summed E-state index contributed by atoms with van der Waals surface area (Å²) in [5, 5.41) is 3.17. The Morgan fingerprint density at radius 1 is 1.30 bits per heavy atom. The monoisotopic (exact) mass is 422 g/mol. The van der Waals surface area contributed by atoms with Gasteiger partial charge >= 0.3 is 6.09 Å². The van der Waals surface area contributed by atoms with Gasteiger partial charge in [0.25, 0.3) is 5.91 Å². The van der Waals surface area contributed by atoms with Gasteiger partial charge in [-0.1, -0.05) is 0 Å². The quantitative estimate of drug-likeness (QED) is 0.705. The summed E-state index contributed by atoms with van der Waals surface area (Å²) in [6, 6.07) is 0.516. The average molecular weight is 422 g/mol. The highest BCUT2D eigenvalue weighted by atomic mass is 19.1. The number of alkyl halides is 1. The molecule has 0 bridgehead atoms. The maximum atomic E-state index is 15.2. The highest BCUT2D eigenvalue weighted by Crippen LogP contribution is 2.37. The summed E-state index contributed by atoms with van der Waals surface area (Å²) in [7, 11) is 0. The summed E-state index contributed by atoms with van der Waals surface area (Å²) < 4.78 is 35.0. The van der Waals surface area contributed by atoms with E-state index in [-0.39, 0.29) is 30.8 Å². The SMILES string of the molecule is Cc1[nH]c2c(C(N)=O)cc(F)c(N3C[C@H](F)C[C@H](NC(=O)OC(C)(C)C)C3)c2c1C. The van der Waals surface area contributed by atoms with Crippen molar-refractivity contribution in [3.05, 3.63) is 28.7 Å². The minimum absolute atomic E-state index is 0.0297. The number of fused-ring (bicyclic) bond motifs is 1. The molecule has 1 aromatic carbocycles. The van der Waals surface area contributed by atoms with Crippen LogP contribution in [0, 0.1) is 19.7 Å². The van der Waals surface area contributed by atoms with Gasteiger partial charge in [-0.25, -0.2) is 13.6 Å². The fourth-order valence-corrected chi connectivity index (χ4v) is 3.91. The Bertz CT molecular complexity index is 997. The standard InChI is InChI=1S/C21H28F2N4O3/c1-10-11(2)25-17-14(19(24)28)7-15(23)18(16(10)17)27-8-12(22)6-13(9-27)26-20(29)30-21(3,4)5/h7,12-13,25H,6,8-9H2,1-5H3,(H2,24,28)(H,26,29)/t12-,13+/m1/s1. The van der Waals surface area contributed by atoms with Gasteiger partial charge in [-0.2, -0.15) is 0 Å². The number of aromatic amines is 1. The van der Waals surface area contributed by atoms with Gasteiger partial charge in [-0.05, 0) is 46.2 Å².